The van der Waals surface area contributed by atoms with Gasteiger partial charge in [-0.15, -0.1) is 0 Å². The van der Waals surface area contributed by atoms with E-state index in [9.17, 15) is 4.79 Å². The van der Waals surface area contributed by atoms with Crippen molar-refractivity contribution < 1.29 is 4.79 Å². The number of carbonyl (C=O) groups is 1. The van der Waals surface area contributed by atoms with Gasteiger partial charge in [0.25, 0.3) is 0 Å². The van der Waals surface area contributed by atoms with Crippen molar-refractivity contribution in [2.75, 3.05) is 5.32 Å². The summed E-state index contributed by atoms with van der Waals surface area (Å²) in [6.45, 7) is 3.00. The van der Waals surface area contributed by atoms with Crippen molar-refractivity contribution in [2.45, 2.75) is 20.0 Å². The summed E-state index contributed by atoms with van der Waals surface area (Å²) in [5.74, 6) is 0. The summed E-state index contributed by atoms with van der Waals surface area (Å²) < 4.78 is 0. The van der Waals surface area contributed by atoms with E-state index >= 15 is 0 Å². The number of hydrogen-bond acceptors (Lipinski definition) is 3. The number of nitrogens with one attached hydrogen (secondary N) is 1. The number of amides is 2. The first-order valence-electron chi connectivity index (χ1n) is 7.75. The van der Waals surface area contributed by atoms with Gasteiger partial charge in [0.15, 0.2) is 0 Å². The van der Waals surface area contributed by atoms with Crippen LogP contribution in [0, 0.1) is 6.92 Å². The van der Waals surface area contributed by atoms with E-state index < -0.39 is 0 Å². The Morgan fingerprint density at radius 2 is 1.96 bits per heavy atom. The predicted octanol–water partition coefficient (Wildman–Crippen LogP) is 4.69. The quantitative estimate of drug-likeness (QED) is 0.734. The molecule has 0 aliphatic heterocycles. The summed E-state index contributed by atoms with van der Waals surface area (Å²) >= 11 is 1.63. The third-order valence-electron chi connectivity index (χ3n) is 3.71. The van der Waals surface area contributed by atoms with Crippen LogP contribution in [0.1, 0.15) is 16.8 Å². The number of para-hydroxylation sites is 1. The van der Waals surface area contributed by atoms with Crippen molar-refractivity contribution in [3.63, 3.8) is 0 Å². The Labute approximate surface area is 145 Å². The number of aryl methyl sites for hydroxylation is 1. The molecular formula is C19H19N3OS. The minimum Gasteiger partial charge on any atom is -0.314 e. The molecule has 4 nitrogen and oxygen atoms in total. The lowest BCUT2D eigenvalue weighted by Crippen LogP contribution is -2.34. The molecule has 0 unspecified atom stereocenters. The molecule has 2 amide bonds. The second-order valence-corrected chi connectivity index (χ2v) is 6.33. The van der Waals surface area contributed by atoms with E-state index in [1.807, 2.05) is 60.8 Å². The molecule has 24 heavy (non-hydrogen) atoms. The van der Waals surface area contributed by atoms with Gasteiger partial charge in [0.05, 0.1) is 12.2 Å². The van der Waals surface area contributed by atoms with E-state index in [0.717, 1.165) is 22.5 Å². The highest BCUT2D eigenvalue weighted by Gasteiger charge is 2.16. The number of anilines is 1. The standard InChI is InChI=1S/C19H19N3OS/c1-15-6-2-3-8-18(15)21-19(23)22(12-16-9-11-24-14-16)13-17-7-4-5-10-20-17/h2-11,14H,12-13H2,1H3,(H,21,23). The van der Waals surface area contributed by atoms with Crippen LogP contribution >= 0.6 is 11.3 Å². The fourth-order valence-corrected chi connectivity index (χ4v) is 3.06. The molecular weight excluding hydrogens is 318 g/mol. The molecule has 0 fully saturated rings. The number of carbonyl (C=O) groups excluding carboxylic acids is 1. The first-order chi connectivity index (χ1) is 11.7. The van der Waals surface area contributed by atoms with Crippen molar-refractivity contribution in [3.8, 4) is 0 Å². The average molecular weight is 337 g/mol. The molecule has 1 N–H and O–H groups in total. The summed E-state index contributed by atoms with van der Waals surface area (Å²) in [4.78, 5) is 18.9. The van der Waals surface area contributed by atoms with E-state index in [1.165, 1.54) is 0 Å². The van der Waals surface area contributed by atoms with Crippen LogP contribution in [0.25, 0.3) is 0 Å². The lowest BCUT2D eigenvalue weighted by atomic mass is 10.2. The Morgan fingerprint density at radius 3 is 2.67 bits per heavy atom. The van der Waals surface area contributed by atoms with Crippen LogP contribution in [-0.4, -0.2) is 15.9 Å². The summed E-state index contributed by atoms with van der Waals surface area (Å²) in [6.07, 6.45) is 1.75. The van der Waals surface area contributed by atoms with Crippen molar-refractivity contribution in [1.82, 2.24) is 9.88 Å². The monoisotopic (exact) mass is 337 g/mol. The van der Waals surface area contributed by atoms with Gasteiger partial charge in [-0.25, -0.2) is 4.79 Å². The molecule has 3 aromatic rings. The van der Waals surface area contributed by atoms with Gasteiger partial charge in [-0.2, -0.15) is 11.3 Å². The molecule has 0 bridgehead atoms. The molecule has 0 aliphatic rings. The highest BCUT2D eigenvalue weighted by atomic mass is 32.1. The molecule has 0 saturated heterocycles. The first-order valence-corrected chi connectivity index (χ1v) is 8.69. The smallest absolute Gasteiger partial charge is 0.314 e. The van der Waals surface area contributed by atoms with E-state index in [0.29, 0.717) is 13.1 Å². The number of nitrogens with zero attached hydrogens (tertiary/aromatic N) is 2. The molecule has 0 aliphatic carbocycles. The van der Waals surface area contributed by atoms with Crippen molar-refractivity contribution in [2.24, 2.45) is 0 Å². The van der Waals surface area contributed by atoms with Gasteiger partial charge in [0, 0.05) is 18.4 Å². The zero-order valence-corrected chi connectivity index (χ0v) is 14.3. The zero-order chi connectivity index (χ0) is 16.8. The number of pyridine rings is 1. The SMILES string of the molecule is Cc1ccccc1NC(=O)N(Cc1ccsc1)Cc1ccccn1. The molecule has 0 radical (unpaired) electrons. The molecule has 3 rings (SSSR count). The maximum Gasteiger partial charge on any atom is 0.322 e. The zero-order valence-electron chi connectivity index (χ0n) is 13.5. The number of rotatable bonds is 5. The third kappa shape index (κ3) is 4.20. The van der Waals surface area contributed by atoms with Gasteiger partial charge < -0.3 is 10.2 Å². The highest BCUT2D eigenvalue weighted by molar-refractivity contribution is 7.07. The number of aromatic nitrogens is 1. The fraction of sp³-hybridized carbons (Fsp3) is 0.158. The minimum absolute atomic E-state index is 0.124. The van der Waals surface area contributed by atoms with E-state index in [2.05, 4.69) is 15.7 Å². The molecule has 1 aromatic carbocycles. The second kappa shape index (κ2) is 7.75. The lowest BCUT2D eigenvalue weighted by Gasteiger charge is -2.23. The van der Waals surface area contributed by atoms with Gasteiger partial charge >= 0.3 is 6.03 Å². The molecule has 122 valence electrons. The van der Waals surface area contributed by atoms with Gasteiger partial charge in [-0.3, -0.25) is 4.98 Å². The van der Waals surface area contributed by atoms with Gasteiger partial charge in [-0.1, -0.05) is 24.3 Å². The van der Waals surface area contributed by atoms with Crippen LogP contribution in [0.3, 0.4) is 0 Å². The van der Waals surface area contributed by atoms with Crippen LogP contribution in [0.15, 0.2) is 65.5 Å². The Morgan fingerprint density at radius 1 is 1.12 bits per heavy atom. The van der Waals surface area contributed by atoms with E-state index in [-0.39, 0.29) is 6.03 Å². The minimum atomic E-state index is -0.124. The van der Waals surface area contributed by atoms with E-state index in [4.69, 9.17) is 0 Å². The van der Waals surface area contributed by atoms with Gasteiger partial charge in [0.1, 0.15) is 0 Å². The maximum atomic E-state index is 12.8. The number of benzene rings is 1. The third-order valence-corrected chi connectivity index (χ3v) is 4.44. The summed E-state index contributed by atoms with van der Waals surface area (Å²) in [5, 5.41) is 7.09. The van der Waals surface area contributed by atoms with Crippen molar-refractivity contribution in [3.05, 3.63) is 82.3 Å². The molecule has 0 atom stereocenters. The number of thiophene rings is 1. The normalized spacial score (nSPS) is 10.4. The Hall–Kier alpha value is -2.66. The molecule has 2 aromatic heterocycles. The summed E-state index contributed by atoms with van der Waals surface area (Å²) in [6, 6.07) is 15.4. The van der Waals surface area contributed by atoms with Gasteiger partial charge in [-0.05, 0) is 53.1 Å². The van der Waals surface area contributed by atoms with Crippen LogP contribution in [-0.2, 0) is 13.1 Å². The molecule has 5 heteroatoms. The van der Waals surface area contributed by atoms with Gasteiger partial charge in [0.2, 0.25) is 0 Å². The molecule has 0 saturated carbocycles. The largest absolute Gasteiger partial charge is 0.322 e. The number of hydrogen-bond donors (Lipinski definition) is 1. The van der Waals surface area contributed by atoms with Crippen LogP contribution in [0.2, 0.25) is 0 Å². The van der Waals surface area contributed by atoms with Crippen molar-refractivity contribution >= 4 is 23.1 Å². The molecule has 0 spiro atoms. The van der Waals surface area contributed by atoms with E-state index in [1.54, 1.807) is 22.4 Å². The highest BCUT2D eigenvalue weighted by Crippen LogP contribution is 2.17. The topological polar surface area (TPSA) is 45.2 Å². The fourth-order valence-electron chi connectivity index (χ4n) is 2.40. The Bertz CT molecular complexity index is 787. The van der Waals surface area contributed by atoms with Crippen LogP contribution in [0.5, 0.6) is 0 Å². The van der Waals surface area contributed by atoms with Crippen LogP contribution in [0.4, 0.5) is 10.5 Å². The van der Waals surface area contributed by atoms with Crippen LogP contribution < -0.4 is 5.32 Å². The summed E-state index contributed by atoms with van der Waals surface area (Å²) in [5.41, 5.74) is 3.86. The Balaban J connectivity index is 1.77. The number of urea groups is 1. The predicted molar refractivity (Wildman–Crippen MR) is 98.0 cm³/mol. The summed E-state index contributed by atoms with van der Waals surface area (Å²) in [7, 11) is 0. The first kappa shape index (κ1) is 16.2. The maximum absolute atomic E-state index is 12.8. The second-order valence-electron chi connectivity index (χ2n) is 5.55. The van der Waals surface area contributed by atoms with Crippen molar-refractivity contribution in [1.29, 1.82) is 0 Å². The molecule has 2 heterocycles. The lowest BCUT2D eigenvalue weighted by molar-refractivity contribution is 0.206. The Kier molecular flexibility index (Phi) is 5.23. The average Bonchev–Trinajstić information content (AvgIpc) is 3.10.